The third-order valence-electron chi connectivity index (χ3n) is 5.00. The fourth-order valence-electron chi connectivity index (χ4n) is 3.00. The number of rotatable bonds is 7. The van der Waals surface area contributed by atoms with E-state index in [1.165, 1.54) is 12.1 Å². The van der Waals surface area contributed by atoms with Crippen molar-refractivity contribution in [3.05, 3.63) is 89.2 Å². The summed E-state index contributed by atoms with van der Waals surface area (Å²) >= 11 is 0. The smallest absolute Gasteiger partial charge is 0.338 e. The summed E-state index contributed by atoms with van der Waals surface area (Å²) in [5.74, 6) is -14.7. The minimum absolute atomic E-state index is 0.126. The first-order chi connectivity index (χ1) is 16.1. The monoisotopic (exact) mass is 499 g/mol. The molecule has 178 valence electrons. The van der Waals surface area contributed by atoms with Gasteiger partial charge in [-0.1, -0.05) is 42.5 Å². The Labute approximate surface area is 189 Å². The number of para-hydroxylation sites is 2. The highest BCUT2D eigenvalue weighted by molar-refractivity contribution is 7.70. The van der Waals surface area contributed by atoms with Crippen LogP contribution in [-0.4, -0.2) is 17.4 Å². The largest absolute Gasteiger partial charge is 0.459 e. The van der Waals surface area contributed by atoms with Gasteiger partial charge in [-0.15, -0.1) is 0 Å². The van der Waals surface area contributed by atoms with Crippen molar-refractivity contribution in [1.82, 2.24) is 0 Å². The van der Waals surface area contributed by atoms with Crippen LogP contribution in [0.15, 0.2) is 54.6 Å². The summed E-state index contributed by atoms with van der Waals surface area (Å²) in [6.07, 6.45) is -0.398. The van der Waals surface area contributed by atoms with E-state index < -0.39 is 71.1 Å². The molecular weight excluding hydrogens is 484 g/mol. The van der Waals surface area contributed by atoms with Gasteiger partial charge in [-0.25, -0.2) is 18.0 Å². The predicted octanol–water partition coefficient (Wildman–Crippen LogP) is 5.24. The second kappa shape index (κ2) is 8.73. The van der Waals surface area contributed by atoms with Crippen LogP contribution in [-0.2, 0) is 20.7 Å². The molecule has 2 atom stereocenters. The second-order valence-electron chi connectivity index (χ2n) is 7.36. The van der Waals surface area contributed by atoms with E-state index in [0.717, 1.165) is 12.1 Å². The van der Waals surface area contributed by atoms with Crippen LogP contribution in [0.4, 0.5) is 22.0 Å². The van der Waals surface area contributed by atoms with Gasteiger partial charge in [0.05, 0.1) is 6.16 Å². The van der Waals surface area contributed by atoms with Crippen LogP contribution in [0.1, 0.15) is 5.56 Å². The normalized spacial score (nSPS) is 21.1. The van der Waals surface area contributed by atoms with E-state index in [0.29, 0.717) is 5.56 Å². The lowest BCUT2D eigenvalue weighted by atomic mass is 10.2. The zero-order valence-electron chi connectivity index (χ0n) is 17.1. The molecule has 0 spiro atoms. The quantitative estimate of drug-likeness (QED) is 0.157. The molecular formula is C22H15F5NO5P. The number of carbonyl (C=O) groups is 1. The van der Waals surface area contributed by atoms with Crippen LogP contribution in [0.2, 0.25) is 0 Å². The van der Waals surface area contributed by atoms with E-state index in [-0.39, 0.29) is 6.61 Å². The van der Waals surface area contributed by atoms with Gasteiger partial charge in [0.1, 0.15) is 6.61 Å². The molecule has 1 saturated heterocycles. The number of hydrogen-bond donors (Lipinski definition) is 1. The summed E-state index contributed by atoms with van der Waals surface area (Å²) in [6, 6.07) is 13.5. The molecule has 0 amide bonds. The molecule has 0 aliphatic carbocycles. The molecule has 4 rings (SSSR count). The maximum atomic E-state index is 14.0. The van der Waals surface area contributed by atoms with E-state index in [2.05, 4.69) is 0 Å². The SMILES string of the molecule is N[C@]1(C(=O)OCc2ccccc2)CP1(=O)Oc1ccccc1Oc1c(F)c(F)c(F)c(F)c1F. The summed E-state index contributed by atoms with van der Waals surface area (Å²) in [5, 5.41) is -1.97. The van der Waals surface area contributed by atoms with Gasteiger partial charge in [-0.05, 0) is 17.7 Å². The van der Waals surface area contributed by atoms with Gasteiger partial charge < -0.3 is 19.7 Å². The Morgan fingerprint density at radius 1 is 0.853 bits per heavy atom. The maximum absolute atomic E-state index is 14.0. The molecule has 1 heterocycles. The molecule has 6 nitrogen and oxygen atoms in total. The van der Waals surface area contributed by atoms with Crippen LogP contribution in [0, 0.1) is 29.1 Å². The third-order valence-corrected chi connectivity index (χ3v) is 7.58. The zero-order valence-corrected chi connectivity index (χ0v) is 18.0. The Morgan fingerprint density at radius 2 is 1.38 bits per heavy atom. The molecule has 1 aliphatic heterocycles. The minimum Gasteiger partial charge on any atom is -0.459 e. The van der Waals surface area contributed by atoms with Crippen molar-refractivity contribution < 1.29 is 45.3 Å². The van der Waals surface area contributed by atoms with E-state index in [4.69, 9.17) is 19.7 Å². The highest BCUT2D eigenvalue weighted by atomic mass is 31.2. The predicted molar refractivity (Wildman–Crippen MR) is 109 cm³/mol. The van der Waals surface area contributed by atoms with Crippen molar-refractivity contribution in [2.45, 2.75) is 11.9 Å². The molecule has 0 radical (unpaired) electrons. The molecule has 3 aromatic carbocycles. The van der Waals surface area contributed by atoms with E-state index in [9.17, 15) is 31.3 Å². The summed E-state index contributed by atoms with van der Waals surface area (Å²) in [4.78, 5) is 12.4. The maximum Gasteiger partial charge on any atom is 0.338 e. The number of carbonyl (C=O) groups excluding carboxylic acids is 1. The van der Waals surface area contributed by atoms with Crippen LogP contribution < -0.4 is 15.0 Å². The van der Waals surface area contributed by atoms with Crippen molar-refractivity contribution in [2.24, 2.45) is 5.73 Å². The van der Waals surface area contributed by atoms with Crippen molar-refractivity contribution in [3.8, 4) is 17.2 Å². The Kier molecular flexibility index (Phi) is 6.09. The first-order valence-corrected chi connectivity index (χ1v) is 11.5. The molecule has 34 heavy (non-hydrogen) atoms. The molecule has 3 aromatic rings. The van der Waals surface area contributed by atoms with E-state index >= 15 is 0 Å². The average Bonchev–Trinajstić information content (AvgIpc) is 3.40. The highest BCUT2D eigenvalue weighted by Crippen LogP contribution is 2.73. The average molecular weight is 499 g/mol. The van der Waals surface area contributed by atoms with Gasteiger partial charge >= 0.3 is 5.97 Å². The zero-order chi connectivity index (χ0) is 24.7. The second-order valence-corrected chi connectivity index (χ2v) is 10.0. The summed E-state index contributed by atoms with van der Waals surface area (Å²) in [6.45, 7) is -0.126. The first kappa shape index (κ1) is 23.7. The Balaban J connectivity index is 1.53. The lowest BCUT2D eigenvalue weighted by molar-refractivity contribution is -0.146. The van der Waals surface area contributed by atoms with Gasteiger partial charge in [0.25, 0.3) is 7.37 Å². The summed E-state index contributed by atoms with van der Waals surface area (Å²) in [5.41, 5.74) is 6.59. The van der Waals surface area contributed by atoms with Crippen LogP contribution in [0.25, 0.3) is 0 Å². The Bertz CT molecular complexity index is 1290. The topological polar surface area (TPSA) is 87.9 Å². The molecule has 0 aromatic heterocycles. The molecule has 2 N–H and O–H groups in total. The van der Waals surface area contributed by atoms with Gasteiger partial charge in [0.15, 0.2) is 11.5 Å². The summed E-state index contributed by atoms with van der Waals surface area (Å²) in [7, 11) is -3.89. The third kappa shape index (κ3) is 4.12. The number of ether oxygens (including phenoxy) is 2. The molecule has 0 saturated carbocycles. The fourth-order valence-corrected chi connectivity index (χ4v) is 5.08. The van der Waals surface area contributed by atoms with Crippen molar-refractivity contribution >= 4 is 13.3 Å². The number of nitrogens with two attached hydrogens (primary N) is 1. The van der Waals surface area contributed by atoms with Crippen molar-refractivity contribution in [1.29, 1.82) is 0 Å². The Hall–Kier alpha value is -3.43. The van der Waals surface area contributed by atoms with Gasteiger partial charge in [0, 0.05) is 0 Å². The lowest BCUT2D eigenvalue weighted by Crippen LogP contribution is -2.36. The lowest BCUT2D eigenvalue weighted by Gasteiger charge is -2.15. The fraction of sp³-hybridized carbons (Fsp3) is 0.136. The van der Waals surface area contributed by atoms with Gasteiger partial charge in [0.2, 0.25) is 40.1 Å². The highest BCUT2D eigenvalue weighted by Gasteiger charge is 2.72. The number of halogens is 5. The molecule has 1 fully saturated rings. The number of esters is 1. The van der Waals surface area contributed by atoms with E-state index in [1.54, 1.807) is 30.3 Å². The molecule has 1 aliphatic rings. The van der Waals surface area contributed by atoms with Gasteiger partial charge in [-0.3, -0.25) is 4.57 Å². The van der Waals surface area contributed by atoms with Crippen LogP contribution in [0.3, 0.4) is 0 Å². The van der Waals surface area contributed by atoms with Crippen molar-refractivity contribution in [2.75, 3.05) is 6.16 Å². The standard InChI is InChI=1S/C22H15F5NO5P/c23-15-16(24)18(26)20(19(27)17(15)25)32-13-8-4-5-9-14(13)33-34(30)11-22(34,28)21(29)31-10-12-6-2-1-3-7-12/h1-9H,10-11,28H2/t22-,34?/m1/s1. The van der Waals surface area contributed by atoms with Gasteiger partial charge in [-0.2, -0.15) is 8.78 Å². The van der Waals surface area contributed by atoms with Crippen LogP contribution >= 0.6 is 7.37 Å². The Morgan fingerprint density at radius 3 is 2.00 bits per heavy atom. The molecule has 1 unspecified atom stereocenters. The van der Waals surface area contributed by atoms with Crippen LogP contribution in [0.5, 0.6) is 17.2 Å². The summed E-state index contributed by atoms with van der Waals surface area (Å²) < 4.78 is 96.7. The molecule has 0 bridgehead atoms. The first-order valence-electron chi connectivity index (χ1n) is 9.64. The molecule has 12 heteroatoms. The number of benzene rings is 3. The minimum atomic E-state index is -3.89. The van der Waals surface area contributed by atoms with Crippen molar-refractivity contribution in [3.63, 3.8) is 0 Å². The number of hydrogen-bond acceptors (Lipinski definition) is 6. The van der Waals surface area contributed by atoms with E-state index in [1.807, 2.05) is 0 Å².